The Morgan fingerprint density at radius 2 is 2.04 bits per heavy atom. The SMILES string of the molecule is CN(C)CC=NC(=O)c1ccc(NC(O)C2(c3ccc(Br)cc3)CCC2)nc1. The van der Waals surface area contributed by atoms with Crippen molar-refractivity contribution in [1.82, 2.24) is 9.88 Å². The van der Waals surface area contributed by atoms with Crippen LogP contribution in [-0.2, 0) is 5.41 Å². The third-order valence-corrected chi connectivity index (χ3v) is 5.67. The second kappa shape index (κ2) is 8.94. The van der Waals surface area contributed by atoms with E-state index in [-0.39, 0.29) is 11.3 Å². The molecule has 0 aliphatic heterocycles. The summed E-state index contributed by atoms with van der Waals surface area (Å²) in [6, 6.07) is 11.5. The Balaban J connectivity index is 1.67. The first-order valence-electron chi connectivity index (χ1n) is 9.29. The first kappa shape index (κ1) is 20.6. The smallest absolute Gasteiger partial charge is 0.278 e. The van der Waals surface area contributed by atoms with Crippen LogP contribution in [0.5, 0.6) is 0 Å². The van der Waals surface area contributed by atoms with Gasteiger partial charge in [0.2, 0.25) is 0 Å². The van der Waals surface area contributed by atoms with Crippen LogP contribution in [-0.4, -0.2) is 54.0 Å². The van der Waals surface area contributed by atoms with Crippen LogP contribution in [0.15, 0.2) is 52.1 Å². The normalized spacial score (nSPS) is 16.8. The van der Waals surface area contributed by atoms with Gasteiger partial charge in [-0.05, 0) is 56.8 Å². The number of nitrogens with zero attached hydrogens (tertiary/aromatic N) is 3. The van der Waals surface area contributed by atoms with Crippen molar-refractivity contribution in [3.8, 4) is 0 Å². The third-order valence-electron chi connectivity index (χ3n) is 5.14. The molecule has 2 N–H and O–H groups in total. The lowest BCUT2D eigenvalue weighted by Crippen LogP contribution is -2.49. The molecular formula is C21H25BrN4O2. The fourth-order valence-corrected chi connectivity index (χ4v) is 3.57. The molecule has 1 heterocycles. The van der Waals surface area contributed by atoms with E-state index in [4.69, 9.17) is 0 Å². The van der Waals surface area contributed by atoms with Gasteiger partial charge in [0.1, 0.15) is 12.0 Å². The van der Waals surface area contributed by atoms with E-state index in [9.17, 15) is 9.90 Å². The quantitative estimate of drug-likeness (QED) is 0.504. The molecule has 1 amide bonds. The van der Waals surface area contributed by atoms with Gasteiger partial charge in [-0.15, -0.1) is 0 Å². The molecule has 6 nitrogen and oxygen atoms in total. The highest BCUT2D eigenvalue weighted by Crippen LogP contribution is 2.46. The van der Waals surface area contributed by atoms with Gasteiger partial charge in [0.05, 0.1) is 5.56 Å². The van der Waals surface area contributed by atoms with Gasteiger partial charge in [-0.1, -0.05) is 34.5 Å². The molecule has 28 heavy (non-hydrogen) atoms. The number of rotatable bonds is 7. The number of aliphatic hydroxyl groups excluding tert-OH is 1. The topological polar surface area (TPSA) is 77.8 Å². The zero-order chi connectivity index (χ0) is 20.1. The minimum atomic E-state index is -0.755. The summed E-state index contributed by atoms with van der Waals surface area (Å²) < 4.78 is 1.02. The molecule has 1 aromatic heterocycles. The van der Waals surface area contributed by atoms with Gasteiger partial charge >= 0.3 is 0 Å². The standard InChI is InChI=1S/C21H25BrN4O2/c1-26(2)13-12-23-19(27)15-4-9-18(24-14-15)25-20(28)21(10-3-11-21)16-5-7-17(22)8-6-16/h4-9,12,14,20,28H,3,10-11,13H2,1-2H3,(H,24,25). The van der Waals surface area contributed by atoms with Crippen LogP contribution in [0, 0.1) is 0 Å². The molecular weight excluding hydrogens is 420 g/mol. The van der Waals surface area contributed by atoms with Crippen molar-refractivity contribution in [1.29, 1.82) is 0 Å². The summed E-state index contributed by atoms with van der Waals surface area (Å²) in [5, 5.41) is 14.0. The maximum absolute atomic E-state index is 12.1. The number of hydrogen-bond donors (Lipinski definition) is 2. The summed E-state index contributed by atoms with van der Waals surface area (Å²) in [4.78, 5) is 22.2. The molecule has 1 atom stereocenters. The van der Waals surface area contributed by atoms with Crippen LogP contribution in [0.1, 0.15) is 35.2 Å². The predicted octanol–water partition coefficient (Wildman–Crippen LogP) is 3.47. The lowest BCUT2D eigenvalue weighted by molar-refractivity contribution is 0.0484. The highest BCUT2D eigenvalue weighted by atomic mass is 79.9. The average molecular weight is 445 g/mol. The van der Waals surface area contributed by atoms with Crippen LogP contribution in [0.4, 0.5) is 5.82 Å². The van der Waals surface area contributed by atoms with Crippen LogP contribution < -0.4 is 5.32 Å². The lowest BCUT2D eigenvalue weighted by atomic mass is 9.63. The van der Waals surface area contributed by atoms with Gasteiger partial charge in [0.25, 0.3) is 5.91 Å². The Bertz CT molecular complexity index is 830. The number of aliphatic imine (C=N–C) groups is 1. The van der Waals surface area contributed by atoms with Crippen molar-refractivity contribution in [3.05, 3.63) is 58.2 Å². The Morgan fingerprint density at radius 3 is 2.57 bits per heavy atom. The largest absolute Gasteiger partial charge is 0.373 e. The minimum absolute atomic E-state index is 0.312. The first-order chi connectivity index (χ1) is 13.4. The molecule has 148 valence electrons. The van der Waals surface area contributed by atoms with E-state index in [2.05, 4.69) is 43.4 Å². The number of anilines is 1. The highest BCUT2D eigenvalue weighted by Gasteiger charge is 2.45. The summed E-state index contributed by atoms with van der Waals surface area (Å²) in [6.45, 7) is 0.600. The Kier molecular flexibility index (Phi) is 6.59. The zero-order valence-electron chi connectivity index (χ0n) is 16.1. The minimum Gasteiger partial charge on any atom is -0.373 e. The van der Waals surface area contributed by atoms with E-state index in [1.807, 2.05) is 31.1 Å². The van der Waals surface area contributed by atoms with Crippen molar-refractivity contribution in [2.45, 2.75) is 30.9 Å². The predicted molar refractivity (Wildman–Crippen MR) is 115 cm³/mol. The molecule has 1 saturated carbocycles. The number of nitrogens with one attached hydrogen (secondary N) is 1. The number of pyridine rings is 1. The summed E-state index contributed by atoms with van der Waals surface area (Å²) in [5.74, 6) is 0.205. The second-order valence-electron chi connectivity index (χ2n) is 7.37. The van der Waals surface area contributed by atoms with Crippen molar-refractivity contribution < 1.29 is 9.90 Å². The van der Waals surface area contributed by atoms with Crippen LogP contribution in [0.25, 0.3) is 0 Å². The highest BCUT2D eigenvalue weighted by molar-refractivity contribution is 9.10. The summed E-state index contributed by atoms with van der Waals surface area (Å²) in [6.07, 6.45) is 5.23. The molecule has 0 spiro atoms. The molecule has 2 aromatic rings. The number of amides is 1. The zero-order valence-corrected chi connectivity index (χ0v) is 17.7. The maximum atomic E-state index is 12.1. The van der Waals surface area contributed by atoms with Crippen LogP contribution in [0.2, 0.25) is 0 Å². The van der Waals surface area contributed by atoms with E-state index in [1.54, 1.807) is 18.3 Å². The van der Waals surface area contributed by atoms with Gasteiger partial charge in [0.15, 0.2) is 0 Å². The fraction of sp³-hybridized carbons (Fsp3) is 0.381. The number of aliphatic hydroxyl groups is 1. The number of halogens is 1. The summed E-state index contributed by atoms with van der Waals surface area (Å²) in [7, 11) is 3.82. The number of hydrogen-bond acceptors (Lipinski definition) is 5. The van der Waals surface area contributed by atoms with Gasteiger partial charge in [-0.25, -0.2) is 9.98 Å². The number of benzene rings is 1. The monoisotopic (exact) mass is 444 g/mol. The average Bonchev–Trinajstić information content (AvgIpc) is 2.62. The lowest BCUT2D eigenvalue weighted by Gasteiger charge is -2.46. The number of carbonyl (C=O) groups excluding carboxylic acids is 1. The van der Waals surface area contributed by atoms with Crippen LogP contribution in [0.3, 0.4) is 0 Å². The van der Waals surface area contributed by atoms with Crippen LogP contribution >= 0.6 is 15.9 Å². The molecule has 0 bridgehead atoms. The second-order valence-corrected chi connectivity index (χ2v) is 8.29. The van der Waals surface area contributed by atoms with Gasteiger partial charge in [-0.2, -0.15) is 0 Å². The van der Waals surface area contributed by atoms with Crippen molar-refractivity contribution in [2.24, 2.45) is 4.99 Å². The van der Waals surface area contributed by atoms with E-state index in [1.165, 1.54) is 6.20 Å². The van der Waals surface area contributed by atoms with Gasteiger partial charge in [-0.3, -0.25) is 4.79 Å². The number of aromatic nitrogens is 1. The Labute approximate surface area is 173 Å². The number of carbonyl (C=O) groups is 1. The molecule has 1 aliphatic carbocycles. The van der Waals surface area contributed by atoms with E-state index < -0.39 is 6.23 Å². The summed E-state index contributed by atoms with van der Waals surface area (Å²) in [5.41, 5.74) is 1.22. The molecule has 1 unspecified atom stereocenters. The van der Waals surface area contributed by atoms with E-state index in [0.29, 0.717) is 17.9 Å². The third kappa shape index (κ3) is 4.66. The first-order valence-corrected chi connectivity index (χ1v) is 10.1. The molecule has 1 aliphatic rings. The van der Waals surface area contributed by atoms with Crippen molar-refractivity contribution in [3.63, 3.8) is 0 Å². The van der Waals surface area contributed by atoms with E-state index in [0.717, 1.165) is 29.3 Å². The van der Waals surface area contributed by atoms with Gasteiger partial charge < -0.3 is 15.3 Å². The fourth-order valence-electron chi connectivity index (χ4n) is 3.31. The van der Waals surface area contributed by atoms with Crippen molar-refractivity contribution >= 4 is 33.9 Å². The Morgan fingerprint density at radius 1 is 1.32 bits per heavy atom. The van der Waals surface area contributed by atoms with Gasteiger partial charge in [0, 0.05) is 28.8 Å². The maximum Gasteiger partial charge on any atom is 0.278 e. The van der Waals surface area contributed by atoms with E-state index >= 15 is 0 Å². The molecule has 0 saturated heterocycles. The van der Waals surface area contributed by atoms with Crippen molar-refractivity contribution in [2.75, 3.05) is 26.0 Å². The molecule has 7 heteroatoms. The Hall–Kier alpha value is -2.09. The molecule has 0 radical (unpaired) electrons. The molecule has 1 aromatic carbocycles. The molecule has 1 fully saturated rings. The molecule has 3 rings (SSSR count). The summed E-state index contributed by atoms with van der Waals surface area (Å²) >= 11 is 3.46.